The van der Waals surface area contributed by atoms with Gasteiger partial charge in [0.25, 0.3) is 5.91 Å². The van der Waals surface area contributed by atoms with E-state index in [4.69, 9.17) is 4.74 Å². The van der Waals surface area contributed by atoms with Gasteiger partial charge in [0.15, 0.2) is 0 Å². The van der Waals surface area contributed by atoms with Crippen LogP contribution in [0.15, 0.2) is 18.2 Å². The molecular formula is C11H12NO2. The van der Waals surface area contributed by atoms with Gasteiger partial charge >= 0.3 is 0 Å². The van der Waals surface area contributed by atoms with E-state index in [2.05, 4.69) is 6.07 Å². The number of amides is 1. The maximum absolute atomic E-state index is 11.8. The molecule has 0 N–H and O–H groups in total. The molecule has 0 aliphatic carbocycles. The van der Waals surface area contributed by atoms with Crippen LogP contribution in [0.25, 0.3) is 0 Å². The summed E-state index contributed by atoms with van der Waals surface area (Å²) in [6.45, 7) is 1.72. The molecule has 1 amide bonds. The lowest BCUT2D eigenvalue weighted by molar-refractivity contribution is 0.0648. The van der Waals surface area contributed by atoms with Crippen molar-refractivity contribution in [1.29, 1.82) is 0 Å². The Bertz CT molecular complexity index is 345. The Morgan fingerprint density at radius 1 is 1.57 bits per heavy atom. The largest absolute Gasteiger partial charge is 0.495 e. The van der Waals surface area contributed by atoms with Crippen LogP contribution in [0.3, 0.4) is 0 Å². The van der Waals surface area contributed by atoms with Crippen molar-refractivity contribution in [3.8, 4) is 5.75 Å². The molecule has 1 aliphatic rings. The second-order valence-electron chi connectivity index (χ2n) is 3.26. The third-order valence-corrected chi connectivity index (χ3v) is 2.40. The number of ether oxygens (including phenoxy) is 1. The van der Waals surface area contributed by atoms with Crippen molar-refractivity contribution >= 4 is 5.91 Å². The van der Waals surface area contributed by atoms with Gasteiger partial charge in [0.2, 0.25) is 0 Å². The molecule has 0 atom stereocenters. The number of hydrogen-bond acceptors (Lipinski definition) is 2. The van der Waals surface area contributed by atoms with Crippen molar-refractivity contribution in [2.24, 2.45) is 0 Å². The highest BCUT2D eigenvalue weighted by atomic mass is 16.5. The normalized spacial score (nSPS) is 14.8. The SMILES string of the molecule is COc1[c]cccc1C(=O)N1CCC1. The van der Waals surface area contributed by atoms with E-state index in [1.54, 1.807) is 25.3 Å². The zero-order chi connectivity index (χ0) is 9.97. The fourth-order valence-corrected chi connectivity index (χ4v) is 1.45. The molecule has 1 aliphatic heterocycles. The highest BCUT2D eigenvalue weighted by molar-refractivity contribution is 5.97. The smallest absolute Gasteiger partial charge is 0.257 e. The summed E-state index contributed by atoms with van der Waals surface area (Å²) in [5, 5.41) is 0. The minimum absolute atomic E-state index is 0.0463. The number of methoxy groups -OCH3 is 1. The van der Waals surface area contributed by atoms with Crippen molar-refractivity contribution in [2.45, 2.75) is 6.42 Å². The number of likely N-dealkylation sites (tertiary alicyclic amines) is 1. The molecule has 0 saturated carbocycles. The second kappa shape index (κ2) is 3.70. The summed E-state index contributed by atoms with van der Waals surface area (Å²) in [6.07, 6.45) is 1.10. The van der Waals surface area contributed by atoms with E-state index < -0.39 is 0 Å². The van der Waals surface area contributed by atoms with E-state index in [0.717, 1.165) is 19.5 Å². The molecule has 3 heteroatoms. The lowest BCUT2D eigenvalue weighted by Gasteiger charge is -2.31. The Hall–Kier alpha value is -1.51. The van der Waals surface area contributed by atoms with Crippen molar-refractivity contribution in [2.75, 3.05) is 20.2 Å². The zero-order valence-corrected chi connectivity index (χ0v) is 8.12. The van der Waals surface area contributed by atoms with Gasteiger partial charge in [-0.1, -0.05) is 12.1 Å². The Morgan fingerprint density at radius 3 is 2.93 bits per heavy atom. The quantitative estimate of drug-likeness (QED) is 0.704. The number of rotatable bonds is 2. The average molecular weight is 190 g/mol. The van der Waals surface area contributed by atoms with Crippen LogP contribution in [-0.4, -0.2) is 31.0 Å². The molecule has 14 heavy (non-hydrogen) atoms. The van der Waals surface area contributed by atoms with Crippen LogP contribution in [0.5, 0.6) is 5.75 Å². The first-order valence-electron chi connectivity index (χ1n) is 4.67. The Morgan fingerprint density at radius 2 is 2.36 bits per heavy atom. The van der Waals surface area contributed by atoms with Gasteiger partial charge in [-0.25, -0.2) is 0 Å². The van der Waals surface area contributed by atoms with Gasteiger partial charge in [0, 0.05) is 19.2 Å². The van der Waals surface area contributed by atoms with E-state index in [1.807, 2.05) is 4.90 Å². The lowest BCUT2D eigenvalue weighted by atomic mass is 10.1. The van der Waals surface area contributed by atoms with Gasteiger partial charge in [-0.05, 0) is 12.5 Å². The molecule has 0 unspecified atom stereocenters. The van der Waals surface area contributed by atoms with Crippen LogP contribution in [-0.2, 0) is 0 Å². The molecule has 73 valence electrons. The molecule has 1 aromatic carbocycles. The average Bonchev–Trinajstić information content (AvgIpc) is 2.15. The summed E-state index contributed by atoms with van der Waals surface area (Å²) in [5.41, 5.74) is 0.606. The van der Waals surface area contributed by atoms with Crippen molar-refractivity contribution in [1.82, 2.24) is 4.90 Å². The van der Waals surface area contributed by atoms with Crippen molar-refractivity contribution < 1.29 is 9.53 Å². The summed E-state index contributed by atoms with van der Waals surface area (Å²) in [4.78, 5) is 13.6. The minimum atomic E-state index is 0.0463. The van der Waals surface area contributed by atoms with E-state index >= 15 is 0 Å². The van der Waals surface area contributed by atoms with E-state index in [9.17, 15) is 4.79 Å². The van der Waals surface area contributed by atoms with E-state index in [0.29, 0.717) is 11.3 Å². The number of nitrogens with zero attached hydrogens (tertiary/aromatic N) is 1. The first-order valence-corrected chi connectivity index (χ1v) is 4.67. The Kier molecular flexibility index (Phi) is 2.39. The molecule has 1 saturated heterocycles. The van der Waals surface area contributed by atoms with Crippen molar-refractivity contribution in [3.05, 3.63) is 29.8 Å². The third-order valence-electron chi connectivity index (χ3n) is 2.40. The number of hydrogen-bond donors (Lipinski definition) is 0. The van der Waals surface area contributed by atoms with Gasteiger partial charge in [0.05, 0.1) is 12.7 Å². The van der Waals surface area contributed by atoms with Gasteiger partial charge in [-0.2, -0.15) is 0 Å². The fraction of sp³-hybridized carbons (Fsp3) is 0.364. The first kappa shape index (κ1) is 9.06. The topological polar surface area (TPSA) is 29.5 Å². The molecular weight excluding hydrogens is 178 g/mol. The van der Waals surface area contributed by atoms with Gasteiger partial charge < -0.3 is 9.64 Å². The third kappa shape index (κ3) is 1.45. The molecule has 0 spiro atoms. The molecule has 0 bridgehead atoms. The number of benzene rings is 1. The molecule has 1 aromatic rings. The lowest BCUT2D eigenvalue weighted by Crippen LogP contribution is -2.42. The summed E-state index contributed by atoms with van der Waals surface area (Å²) < 4.78 is 5.08. The number of para-hydroxylation sites is 1. The van der Waals surface area contributed by atoms with Crippen LogP contribution < -0.4 is 4.74 Å². The molecule has 0 aromatic heterocycles. The summed E-state index contributed by atoms with van der Waals surface area (Å²) in [7, 11) is 1.55. The predicted octanol–water partition coefficient (Wildman–Crippen LogP) is 1.34. The molecule has 1 heterocycles. The standard InChI is InChI=1S/C11H12NO2/c1-14-10-6-3-2-5-9(10)11(13)12-7-4-8-12/h2-3,5H,4,7-8H2,1H3. The van der Waals surface area contributed by atoms with Gasteiger partial charge in [-0.15, -0.1) is 0 Å². The first-order chi connectivity index (χ1) is 6.83. The molecule has 1 radical (unpaired) electrons. The predicted molar refractivity (Wildman–Crippen MR) is 52.4 cm³/mol. The Balaban J connectivity index is 2.25. The molecule has 3 nitrogen and oxygen atoms in total. The highest BCUT2D eigenvalue weighted by Gasteiger charge is 2.23. The maximum atomic E-state index is 11.8. The maximum Gasteiger partial charge on any atom is 0.257 e. The van der Waals surface area contributed by atoms with Crippen LogP contribution in [0.4, 0.5) is 0 Å². The number of carbonyl (C=O) groups excluding carboxylic acids is 1. The summed E-state index contributed by atoms with van der Waals surface area (Å²) in [6, 6.07) is 8.22. The second-order valence-corrected chi connectivity index (χ2v) is 3.26. The van der Waals surface area contributed by atoms with Crippen LogP contribution in [0.1, 0.15) is 16.8 Å². The summed E-state index contributed by atoms with van der Waals surface area (Å²) in [5.74, 6) is 0.578. The summed E-state index contributed by atoms with van der Waals surface area (Å²) >= 11 is 0. The van der Waals surface area contributed by atoms with Gasteiger partial charge in [0.1, 0.15) is 5.75 Å². The highest BCUT2D eigenvalue weighted by Crippen LogP contribution is 2.20. The molecule has 2 rings (SSSR count). The van der Waals surface area contributed by atoms with E-state index in [1.165, 1.54) is 0 Å². The van der Waals surface area contributed by atoms with Gasteiger partial charge in [-0.3, -0.25) is 4.79 Å². The Labute approximate surface area is 83.3 Å². The van der Waals surface area contributed by atoms with Crippen LogP contribution in [0.2, 0.25) is 0 Å². The van der Waals surface area contributed by atoms with Crippen LogP contribution in [0, 0.1) is 6.07 Å². The monoisotopic (exact) mass is 190 g/mol. The molecule has 1 fully saturated rings. The van der Waals surface area contributed by atoms with Crippen LogP contribution >= 0.6 is 0 Å². The fourth-order valence-electron chi connectivity index (χ4n) is 1.45. The number of carbonyl (C=O) groups is 1. The minimum Gasteiger partial charge on any atom is -0.495 e. The van der Waals surface area contributed by atoms with E-state index in [-0.39, 0.29) is 5.91 Å². The zero-order valence-electron chi connectivity index (χ0n) is 8.12. The van der Waals surface area contributed by atoms with Crippen molar-refractivity contribution in [3.63, 3.8) is 0 Å².